The van der Waals surface area contributed by atoms with E-state index in [0.29, 0.717) is 19.0 Å². The van der Waals surface area contributed by atoms with E-state index in [2.05, 4.69) is 5.32 Å². The third kappa shape index (κ3) is 4.62. The lowest BCUT2D eigenvalue weighted by Crippen LogP contribution is -2.46. The van der Waals surface area contributed by atoms with Crippen molar-refractivity contribution >= 4 is 11.9 Å². The minimum Gasteiger partial charge on any atom is -0.480 e. The van der Waals surface area contributed by atoms with Crippen molar-refractivity contribution in [1.29, 1.82) is 0 Å². The minimum absolute atomic E-state index is 0.0143. The van der Waals surface area contributed by atoms with Gasteiger partial charge in [-0.15, -0.1) is 0 Å². The van der Waals surface area contributed by atoms with Crippen LogP contribution in [0.1, 0.15) is 19.8 Å². The van der Waals surface area contributed by atoms with Crippen molar-refractivity contribution in [3.63, 3.8) is 0 Å². The Bertz CT molecular complexity index is 296. The zero-order valence-electron chi connectivity index (χ0n) is 11.0. The van der Waals surface area contributed by atoms with Crippen LogP contribution in [0.25, 0.3) is 0 Å². The van der Waals surface area contributed by atoms with Crippen molar-refractivity contribution in [2.75, 3.05) is 33.3 Å². The second-order valence-electron chi connectivity index (χ2n) is 4.70. The van der Waals surface area contributed by atoms with Gasteiger partial charge in [-0.05, 0) is 25.7 Å². The molecule has 1 rings (SSSR count). The summed E-state index contributed by atoms with van der Waals surface area (Å²) in [7, 11) is 1.53. The molecule has 1 fully saturated rings. The normalized spacial score (nSPS) is 21.7. The molecule has 6 nitrogen and oxygen atoms in total. The largest absolute Gasteiger partial charge is 0.480 e. The molecular formula is C12H22N2O4. The number of hydrogen-bond acceptors (Lipinski definition) is 4. The van der Waals surface area contributed by atoms with Gasteiger partial charge in [0.15, 0.2) is 0 Å². The van der Waals surface area contributed by atoms with Crippen LogP contribution in [-0.4, -0.2) is 61.3 Å². The van der Waals surface area contributed by atoms with Crippen LogP contribution in [0.15, 0.2) is 0 Å². The van der Waals surface area contributed by atoms with Crippen molar-refractivity contribution in [2.45, 2.75) is 25.9 Å². The highest BCUT2D eigenvalue weighted by Gasteiger charge is 2.26. The zero-order chi connectivity index (χ0) is 13.5. The second kappa shape index (κ2) is 7.33. The summed E-state index contributed by atoms with van der Waals surface area (Å²) in [5, 5.41) is 11.4. The highest BCUT2D eigenvalue weighted by Crippen LogP contribution is 2.16. The van der Waals surface area contributed by atoms with Crippen LogP contribution < -0.4 is 5.32 Å². The topological polar surface area (TPSA) is 78.9 Å². The lowest BCUT2D eigenvalue weighted by molar-refractivity contribution is -0.143. The molecule has 2 unspecified atom stereocenters. The van der Waals surface area contributed by atoms with E-state index in [1.807, 2.05) is 4.90 Å². The Kier molecular flexibility index (Phi) is 6.07. The zero-order valence-corrected chi connectivity index (χ0v) is 11.0. The van der Waals surface area contributed by atoms with E-state index in [9.17, 15) is 9.59 Å². The number of hydrogen-bond donors (Lipinski definition) is 2. The number of carboxylic acid groups (broad SMARTS) is 1. The number of piperidine rings is 1. The summed E-state index contributed by atoms with van der Waals surface area (Å²) in [5.74, 6) is -0.515. The predicted octanol–water partition coefficient (Wildman–Crippen LogP) is -0.0659. The smallest absolute Gasteiger partial charge is 0.317 e. The van der Waals surface area contributed by atoms with Crippen molar-refractivity contribution in [3.05, 3.63) is 0 Å². The number of rotatable bonds is 6. The SMILES string of the molecule is COC(C)C(=O)N1CCCC(CNCC(=O)O)C1. The van der Waals surface area contributed by atoms with Gasteiger partial charge in [0.1, 0.15) is 6.10 Å². The molecular weight excluding hydrogens is 236 g/mol. The molecule has 2 N–H and O–H groups in total. The first-order chi connectivity index (χ1) is 8.54. The van der Waals surface area contributed by atoms with Gasteiger partial charge in [-0.1, -0.05) is 0 Å². The molecule has 1 aliphatic rings. The number of carbonyl (C=O) groups excluding carboxylic acids is 1. The van der Waals surface area contributed by atoms with Crippen LogP contribution in [0.5, 0.6) is 0 Å². The Hall–Kier alpha value is -1.14. The van der Waals surface area contributed by atoms with E-state index >= 15 is 0 Å². The van der Waals surface area contributed by atoms with Gasteiger partial charge in [0, 0.05) is 26.7 Å². The first kappa shape index (κ1) is 14.9. The van der Waals surface area contributed by atoms with Crippen molar-refractivity contribution < 1.29 is 19.4 Å². The molecule has 18 heavy (non-hydrogen) atoms. The molecule has 0 aliphatic carbocycles. The van der Waals surface area contributed by atoms with E-state index in [-0.39, 0.29) is 12.5 Å². The summed E-state index contributed by atoms with van der Waals surface area (Å²) >= 11 is 0. The average Bonchev–Trinajstić information content (AvgIpc) is 2.37. The minimum atomic E-state index is -0.855. The number of aliphatic carboxylic acids is 1. The second-order valence-corrected chi connectivity index (χ2v) is 4.70. The van der Waals surface area contributed by atoms with Crippen LogP contribution in [0.2, 0.25) is 0 Å². The van der Waals surface area contributed by atoms with Crippen molar-refractivity contribution in [2.24, 2.45) is 5.92 Å². The van der Waals surface area contributed by atoms with Crippen molar-refractivity contribution in [3.8, 4) is 0 Å². The molecule has 1 aliphatic heterocycles. The average molecular weight is 258 g/mol. The molecule has 1 amide bonds. The molecule has 2 atom stereocenters. The molecule has 0 aromatic heterocycles. The van der Waals surface area contributed by atoms with Crippen LogP contribution in [0.4, 0.5) is 0 Å². The van der Waals surface area contributed by atoms with Gasteiger partial charge < -0.3 is 20.1 Å². The molecule has 104 valence electrons. The summed E-state index contributed by atoms with van der Waals surface area (Å²) in [4.78, 5) is 24.2. The number of likely N-dealkylation sites (tertiary alicyclic amines) is 1. The number of ether oxygens (including phenoxy) is 1. The summed E-state index contributed by atoms with van der Waals surface area (Å²) in [6.07, 6.45) is 1.58. The summed E-state index contributed by atoms with van der Waals surface area (Å²) < 4.78 is 5.03. The maximum Gasteiger partial charge on any atom is 0.317 e. The van der Waals surface area contributed by atoms with E-state index in [1.54, 1.807) is 6.92 Å². The third-order valence-corrected chi connectivity index (χ3v) is 3.24. The number of amides is 1. The first-order valence-electron chi connectivity index (χ1n) is 6.28. The van der Waals surface area contributed by atoms with E-state index < -0.39 is 12.1 Å². The Balaban J connectivity index is 2.36. The Labute approximate surface area is 107 Å². The quantitative estimate of drug-likeness (QED) is 0.697. The molecule has 1 heterocycles. The fourth-order valence-corrected chi connectivity index (χ4v) is 2.17. The van der Waals surface area contributed by atoms with Crippen LogP contribution >= 0.6 is 0 Å². The monoisotopic (exact) mass is 258 g/mol. The molecule has 0 radical (unpaired) electrons. The number of carbonyl (C=O) groups is 2. The molecule has 6 heteroatoms. The third-order valence-electron chi connectivity index (χ3n) is 3.24. The van der Waals surface area contributed by atoms with E-state index in [4.69, 9.17) is 9.84 Å². The molecule has 0 saturated carbocycles. The molecule has 1 saturated heterocycles. The van der Waals surface area contributed by atoms with Crippen molar-refractivity contribution in [1.82, 2.24) is 10.2 Å². The standard InChI is InChI=1S/C12H22N2O4/c1-9(18-2)12(17)14-5-3-4-10(8-14)6-13-7-11(15)16/h9-10,13H,3-8H2,1-2H3,(H,15,16). The van der Waals surface area contributed by atoms with Gasteiger partial charge >= 0.3 is 5.97 Å². The van der Waals surface area contributed by atoms with Gasteiger partial charge in [-0.3, -0.25) is 9.59 Å². The van der Waals surface area contributed by atoms with Crippen LogP contribution in [0, 0.1) is 5.92 Å². The lowest BCUT2D eigenvalue weighted by Gasteiger charge is -2.34. The lowest BCUT2D eigenvalue weighted by atomic mass is 9.97. The molecule has 0 spiro atoms. The molecule has 0 bridgehead atoms. The summed E-state index contributed by atoms with van der Waals surface area (Å²) in [6, 6.07) is 0. The van der Waals surface area contributed by atoms with Gasteiger partial charge in [0.25, 0.3) is 5.91 Å². The highest BCUT2D eigenvalue weighted by atomic mass is 16.5. The summed E-state index contributed by atoms with van der Waals surface area (Å²) in [6.45, 7) is 3.80. The van der Waals surface area contributed by atoms with Gasteiger partial charge in [0.05, 0.1) is 6.54 Å². The number of carboxylic acids is 1. The number of nitrogens with one attached hydrogen (secondary N) is 1. The summed E-state index contributed by atoms with van der Waals surface area (Å²) in [5.41, 5.74) is 0. The Morgan fingerprint density at radius 2 is 2.28 bits per heavy atom. The van der Waals surface area contributed by atoms with E-state index in [1.165, 1.54) is 7.11 Å². The number of nitrogens with zero attached hydrogens (tertiary/aromatic N) is 1. The fraction of sp³-hybridized carbons (Fsp3) is 0.833. The number of methoxy groups -OCH3 is 1. The van der Waals surface area contributed by atoms with Gasteiger partial charge in [-0.2, -0.15) is 0 Å². The van der Waals surface area contributed by atoms with Gasteiger partial charge in [-0.25, -0.2) is 0 Å². The highest BCUT2D eigenvalue weighted by molar-refractivity contribution is 5.80. The molecule has 0 aromatic rings. The maximum atomic E-state index is 11.9. The Morgan fingerprint density at radius 3 is 2.89 bits per heavy atom. The molecule has 0 aromatic carbocycles. The fourth-order valence-electron chi connectivity index (χ4n) is 2.17. The van der Waals surface area contributed by atoms with E-state index in [0.717, 1.165) is 19.4 Å². The first-order valence-corrected chi connectivity index (χ1v) is 6.28. The van der Waals surface area contributed by atoms with Gasteiger partial charge in [0.2, 0.25) is 0 Å². The predicted molar refractivity (Wildman–Crippen MR) is 66.3 cm³/mol. The maximum absolute atomic E-state index is 11.9. The Morgan fingerprint density at radius 1 is 1.56 bits per heavy atom. The van der Waals surface area contributed by atoms with Crippen LogP contribution in [-0.2, 0) is 14.3 Å². The van der Waals surface area contributed by atoms with Crippen LogP contribution in [0.3, 0.4) is 0 Å².